The first-order chi connectivity index (χ1) is 31.5. The van der Waals surface area contributed by atoms with Crippen LogP contribution < -0.4 is 48.7 Å². The molecule has 0 radical (unpaired) electrons. The Morgan fingerprint density at radius 3 is 1.70 bits per heavy atom. The standard InChI is InChI=1S/C42H62N10O14S/c1-6-21(4)35(42(65)66)52-41(64)27(14-22-18-45-25-10-8-7-9-23(22)25)49-40(63)30(17-34(57)58)50-37(60)26(11-12-67-5)48-39(62)29(16-33(55)56)51-38(61)28(15-31(44)53)47-32(54)19-46-36(59)24(43)13-20(2)3/h7-10,18,20-21,24,26-30,35,45H,6,11-17,19,43H2,1-5H3,(H2,44,53)(H,46,59)(H,47,54)(H,48,62)(H,49,63)(H,50,60)(H,51,61)(H,52,64)(H,55,56)(H,57,58)(H,65,66)/t21-,24-,26-,27-,28-,29-,30-,35-/m0/s1. The van der Waals surface area contributed by atoms with Crippen LogP contribution in [0.4, 0.5) is 0 Å². The summed E-state index contributed by atoms with van der Waals surface area (Å²) in [4.78, 5) is 145. The Labute approximate surface area is 390 Å². The van der Waals surface area contributed by atoms with Crippen LogP contribution in [0.3, 0.4) is 0 Å². The number of rotatable bonds is 30. The molecule has 0 unspecified atom stereocenters. The maximum atomic E-state index is 13.9. The van der Waals surface area contributed by atoms with Gasteiger partial charge in [0.25, 0.3) is 0 Å². The topological polar surface area (TPSA) is 400 Å². The summed E-state index contributed by atoms with van der Waals surface area (Å²) in [5, 5.41) is 46.0. The van der Waals surface area contributed by atoms with Crippen molar-refractivity contribution in [3.63, 3.8) is 0 Å². The van der Waals surface area contributed by atoms with E-state index in [1.165, 1.54) is 11.8 Å². The SMILES string of the molecule is CC[C@H](C)[C@H](NC(=O)[C@H](Cc1c[nH]c2ccccc12)NC(=O)[C@H](CC(=O)O)NC(=O)[C@H](CCSC)NC(=O)[C@H](CC(=O)O)NC(=O)[C@H](CC(N)=O)NC(=O)CNC(=O)[C@@H](N)CC(C)C)C(=O)O. The second-order valence-corrected chi connectivity index (χ2v) is 17.2. The van der Waals surface area contributed by atoms with E-state index in [0.717, 1.165) is 0 Å². The highest BCUT2D eigenvalue weighted by Crippen LogP contribution is 2.20. The molecule has 2 rings (SSSR count). The number of benzene rings is 1. The number of nitrogens with two attached hydrogens (primary N) is 2. The van der Waals surface area contributed by atoms with E-state index < -0.39 is 139 Å². The fraction of sp³-hybridized carbons (Fsp3) is 0.548. The molecule has 1 aromatic heterocycles. The number of hydrogen-bond acceptors (Lipinski definition) is 13. The van der Waals surface area contributed by atoms with Crippen LogP contribution in [-0.4, -0.2) is 146 Å². The van der Waals surface area contributed by atoms with Gasteiger partial charge in [-0.15, -0.1) is 0 Å². The molecule has 1 heterocycles. The summed E-state index contributed by atoms with van der Waals surface area (Å²) in [6, 6.07) is -4.04. The molecule has 0 aliphatic rings. The molecule has 0 fully saturated rings. The minimum Gasteiger partial charge on any atom is -0.481 e. The first-order valence-electron chi connectivity index (χ1n) is 21.3. The largest absolute Gasteiger partial charge is 0.481 e. The number of nitrogens with one attached hydrogen (secondary N) is 8. The van der Waals surface area contributed by atoms with Gasteiger partial charge in [-0.05, 0) is 48.3 Å². The molecule has 67 heavy (non-hydrogen) atoms. The third kappa shape index (κ3) is 19.3. The van der Waals surface area contributed by atoms with Crippen LogP contribution in [0.1, 0.15) is 71.8 Å². The summed E-state index contributed by atoms with van der Waals surface area (Å²) in [7, 11) is 0. The van der Waals surface area contributed by atoms with Gasteiger partial charge < -0.3 is 69.0 Å². The van der Waals surface area contributed by atoms with Gasteiger partial charge in [-0.1, -0.05) is 52.3 Å². The maximum Gasteiger partial charge on any atom is 0.326 e. The normalized spacial score (nSPS) is 14.7. The van der Waals surface area contributed by atoms with Crippen molar-refractivity contribution < 1.29 is 68.1 Å². The van der Waals surface area contributed by atoms with Crippen LogP contribution in [0.5, 0.6) is 0 Å². The summed E-state index contributed by atoms with van der Waals surface area (Å²) in [6.45, 7) is 6.30. The van der Waals surface area contributed by atoms with E-state index in [1.54, 1.807) is 50.6 Å². The fourth-order valence-corrected chi connectivity index (χ4v) is 7.07. The lowest BCUT2D eigenvalue weighted by atomic mass is 9.98. The van der Waals surface area contributed by atoms with Crippen molar-refractivity contribution in [3.05, 3.63) is 36.0 Å². The van der Waals surface area contributed by atoms with E-state index >= 15 is 0 Å². The Balaban J connectivity index is 2.37. The molecule has 25 heteroatoms. The van der Waals surface area contributed by atoms with Crippen LogP contribution in [0, 0.1) is 11.8 Å². The van der Waals surface area contributed by atoms with Gasteiger partial charge in [0.1, 0.15) is 36.3 Å². The second kappa shape index (κ2) is 27.7. The lowest BCUT2D eigenvalue weighted by Gasteiger charge is -2.27. The zero-order chi connectivity index (χ0) is 50.5. The highest BCUT2D eigenvalue weighted by atomic mass is 32.2. The number of carbonyl (C=O) groups is 11. The van der Waals surface area contributed by atoms with Crippen LogP contribution in [0.25, 0.3) is 10.9 Å². The van der Waals surface area contributed by atoms with Crippen LogP contribution >= 0.6 is 11.8 Å². The van der Waals surface area contributed by atoms with E-state index in [4.69, 9.17) is 11.5 Å². The number of hydrogen-bond donors (Lipinski definition) is 13. The quantitative estimate of drug-likeness (QED) is 0.0396. The van der Waals surface area contributed by atoms with E-state index in [1.807, 2.05) is 13.8 Å². The van der Waals surface area contributed by atoms with Crippen molar-refractivity contribution in [3.8, 4) is 0 Å². The number of aromatic amines is 1. The lowest BCUT2D eigenvalue weighted by molar-refractivity contribution is -0.144. The number of primary amides is 1. The minimum absolute atomic E-state index is 0.0588. The number of aliphatic carboxylic acids is 3. The van der Waals surface area contributed by atoms with E-state index in [9.17, 15) is 68.1 Å². The van der Waals surface area contributed by atoms with Crippen molar-refractivity contribution in [2.45, 2.75) is 115 Å². The number of aromatic nitrogens is 1. The maximum absolute atomic E-state index is 13.9. The van der Waals surface area contributed by atoms with Gasteiger partial charge in [-0.25, -0.2) is 4.79 Å². The molecule has 15 N–H and O–H groups in total. The molecule has 1 aromatic carbocycles. The number of fused-ring (bicyclic) bond motifs is 1. The summed E-state index contributed by atoms with van der Waals surface area (Å²) >= 11 is 1.21. The van der Waals surface area contributed by atoms with Gasteiger partial charge >= 0.3 is 17.9 Å². The van der Waals surface area contributed by atoms with Crippen molar-refractivity contribution >= 4 is 87.8 Å². The van der Waals surface area contributed by atoms with Crippen LogP contribution in [0.15, 0.2) is 30.5 Å². The highest BCUT2D eigenvalue weighted by Gasteiger charge is 2.36. The lowest BCUT2D eigenvalue weighted by Crippen LogP contribution is -2.60. The third-order valence-corrected chi connectivity index (χ3v) is 11.0. The predicted octanol–water partition coefficient (Wildman–Crippen LogP) is -2.18. The molecule has 8 atom stereocenters. The van der Waals surface area contributed by atoms with E-state index in [-0.39, 0.29) is 24.5 Å². The summed E-state index contributed by atoms with van der Waals surface area (Å²) in [6.07, 6.45) is 0.564. The Hall–Kier alpha value is -6.76. The molecule has 370 valence electrons. The zero-order valence-corrected chi connectivity index (χ0v) is 38.7. The molecule has 8 amide bonds. The van der Waals surface area contributed by atoms with Crippen LogP contribution in [0.2, 0.25) is 0 Å². The number of carboxylic acid groups (broad SMARTS) is 3. The molecule has 0 saturated carbocycles. The Morgan fingerprint density at radius 1 is 0.687 bits per heavy atom. The number of para-hydroxylation sites is 1. The van der Waals surface area contributed by atoms with Gasteiger partial charge in [0.2, 0.25) is 47.3 Å². The van der Waals surface area contributed by atoms with Gasteiger partial charge in [0.05, 0.1) is 31.8 Å². The van der Waals surface area contributed by atoms with E-state index in [2.05, 4.69) is 42.2 Å². The van der Waals surface area contributed by atoms with Crippen molar-refractivity contribution in [1.82, 2.24) is 42.2 Å². The molecular weight excluding hydrogens is 901 g/mol. The Bertz CT molecular complexity index is 2120. The number of H-pyrrole nitrogens is 1. The van der Waals surface area contributed by atoms with Crippen molar-refractivity contribution in [1.29, 1.82) is 0 Å². The summed E-state index contributed by atoms with van der Waals surface area (Å²) in [5.74, 6) is -13.3. The first-order valence-corrected chi connectivity index (χ1v) is 22.7. The number of thioether (sulfide) groups is 1. The molecule has 2 aromatic rings. The average Bonchev–Trinajstić information content (AvgIpc) is 3.66. The molecule has 0 aliphatic carbocycles. The molecule has 0 saturated heterocycles. The smallest absolute Gasteiger partial charge is 0.326 e. The predicted molar refractivity (Wildman–Crippen MR) is 242 cm³/mol. The Morgan fingerprint density at radius 2 is 1.19 bits per heavy atom. The van der Waals surface area contributed by atoms with Gasteiger partial charge in [0, 0.05) is 23.5 Å². The molecule has 0 spiro atoms. The molecule has 24 nitrogen and oxygen atoms in total. The minimum atomic E-state index is -1.96. The van der Waals surface area contributed by atoms with E-state index in [0.29, 0.717) is 29.3 Å². The van der Waals surface area contributed by atoms with Gasteiger partial charge in [-0.3, -0.25) is 47.9 Å². The monoisotopic (exact) mass is 962 g/mol. The number of carboxylic acids is 3. The van der Waals surface area contributed by atoms with Gasteiger partial charge in [-0.2, -0.15) is 11.8 Å². The summed E-state index contributed by atoms with van der Waals surface area (Å²) in [5.41, 5.74) is 12.3. The fourth-order valence-electron chi connectivity index (χ4n) is 6.60. The van der Waals surface area contributed by atoms with Crippen LogP contribution in [-0.2, 0) is 59.2 Å². The highest BCUT2D eigenvalue weighted by molar-refractivity contribution is 7.98. The van der Waals surface area contributed by atoms with Crippen molar-refractivity contribution in [2.75, 3.05) is 18.6 Å². The molecule has 0 bridgehead atoms. The molecule has 0 aliphatic heterocycles. The summed E-state index contributed by atoms with van der Waals surface area (Å²) < 4.78 is 0. The third-order valence-electron chi connectivity index (χ3n) is 10.3. The number of amides is 8. The number of carbonyl (C=O) groups excluding carboxylic acids is 8. The first kappa shape index (κ1) is 56.4. The average molecular weight is 963 g/mol. The molecular formula is C42H62N10O14S. The second-order valence-electron chi connectivity index (χ2n) is 16.2. The Kier molecular flexibility index (Phi) is 23.3. The van der Waals surface area contributed by atoms with Gasteiger partial charge in [0.15, 0.2) is 0 Å². The van der Waals surface area contributed by atoms with Crippen molar-refractivity contribution in [2.24, 2.45) is 23.3 Å². The zero-order valence-electron chi connectivity index (χ0n) is 37.8.